The quantitative estimate of drug-likeness (QED) is 0.0788. The molecule has 34 heteroatoms. The first kappa shape index (κ1) is 38.8. The molecule has 40 heavy (non-hydrogen) atoms. The van der Waals surface area contributed by atoms with Gasteiger partial charge in [-0.2, -0.15) is 8.62 Å². The van der Waals surface area contributed by atoms with E-state index in [1.54, 1.807) is 0 Å². The van der Waals surface area contributed by atoms with Crippen LogP contribution >= 0.6 is 54.8 Å². The van der Waals surface area contributed by atoms with Gasteiger partial charge in [-0.25, -0.2) is 32.0 Å². The molecule has 0 heterocycles. The highest BCUT2D eigenvalue weighted by molar-refractivity contribution is 7.61. The Bertz CT molecular complexity index is 1230. The van der Waals surface area contributed by atoms with Crippen LogP contribution in [0.2, 0.25) is 0 Å². The van der Waals surface area contributed by atoms with Gasteiger partial charge in [-0.1, -0.05) is 0 Å². The zero-order chi connectivity index (χ0) is 31.9. The molecule has 2 unspecified atom stereocenters. The molecule has 0 aromatic rings. The minimum absolute atomic E-state index is 3.20. The maximum atomic E-state index is 12.1. The molecule has 1 rings (SSSR count). The molecule has 13 N–H and O–H groups in total. The molecule has 1 aliphatic carbocycles. The van der Waals surface area contributed by atoms with Crippen LogP contribution in [0.15, 0.2) is 0 Å². The predicted octanol–water partition coefficient (Wildman–Crippen LogP) is -3.02. The van der Waals surface area contributed by atoms with Crippen LogP contribution in [0.5, 0.6) is 0 Å². The van der Waals surface area contributed by atoms with E-state index < -0.39 is 91.4 Å². The number of phosphoric acid groups is 7. The smallest absolute Gasteiger partial charge is 0.387 e. The van der Waals surface area contributed by atoms with Gasteiger partial charge < -0.3 is 63.8 Å². The van der Waals surface area contributed by atoms with Gasteiger partial charge in [0.25, 0.3) is 0 Å². The van der Waals surface area contributed by atoms with Gasteiger partial charge in [0.2, 0.25) is 0 Å². The average molecular weight is 740 g/mol. The summed E-state index contributed by atoms with van der Waals surface area (Å²) in [5.74, 6) is 0. The van der Waals surface area contributed by atoms with E-state index >= 15 is 0 Å². The largest absolute Gasteiger partial charge is 0.481 e. The molecule has 0 radical (unpaired) electrons. The first-order valence-corrected chi connectivity index (χ1v) is 19.4. The van der Waals surface area contributed by atoms with Crippen molar-refractivity contribution in [1.29, 1.82) is 0 Å². The monoisotopic (exact) mass is 740 g/mol. The Labute approximate surface area is 219 Å². The van der Waals surface area contributed by atoms with Crippen molar-refractivity contribution < 1.29 is 127 Å². The standard InChI is InChI=1S/C6H19O27P7/c7-1-2(27-34(8,9)10)5(31-40(25,26)33-38(20,21)22)6(29-36(14,15)16)4(28-35(11,12)13)3(1)30-39(23,24)32-37(17,18)19/h1-7H,(H,23,24)(H,25,26)(H2,8,9,10)(H2,11,12,13)(H2,14,15,16)(H2,17,18,19)(H2,20,21,22)/t1-,2+,3+,4-,5+,6+/m0/s1. The van der Waals surface area contributed by atoms with E-state index in [9.17, 15) is 66.4 Å². The van der Waals surface area contributed by atoms with Crippen LogP contribution in [0, 0.1) is 0 Å². The first-order valence-electron chi connectivity index (χ1n) is 8.76. The molecule has 0 amide bonds. The maximum absolute atomic E-state index is 12.1. The fourth-order valence-corrected chi connectivity index (χ4v) is 8.07. The number of hydrogen-bond donors (Lipinski definition) is 13. The van der Waals surface area contributed by atoms with E-state index in [0.29, 0.717) is 0 Å². The first-order chi connectivity index (χ1) is 17.3. The summed E-state index contributed by atoms with van der Waals surface area (Å²) < 4.78 is 108. The molecule has 0 spiro atoms. The van der Waals surface area contributed by atoms with Crippen LogP contribution in [0.25, 0.3) is 0 Å². The fraction of sp³-hybridized carbons (Fsp3) is 1.00. The average Bonchev–Trinajstić information content (AvgIpc) is 2.57. The second-order valence-electron chi connectivity index (χ2n) is 6.89. The van der Waals surface area contributed by atoms with Crippen molar-refractivity contribution in [3.63, 3.8) is 0 Å². The topological polar surface area (TPSA) is 447 Å². The summed E-state index contributed by atoms with van der Waals surface area (Å²) in [7, 11) is -43.0. The third-order valence-electron chi connectivity index (χ3n) is 3.67. The molecule has 27 nitrogen and oxygen atoms in total. The van der Waals surface area contributed by atoms with Crippen molar-refractivity contribution in [1.82, 2.24) is 0 Å². The molecule has 1 saturated carbocycles. The van der Waals surface area contributed by atoms with Crippen molar-refractivity contribution in [2.75, 3.05) is 0 Å². The molecular formula is C6H19O27P7. The van der Waals surface area contributed by atoms with E-state index in [-0.39, 0.29) is 0 Å². The maximum Gasteiger partial charge on any atom is 0.481 e. The highest BCUT2D eigenvalue weighted by atomic mass is 31.3. The second-order valence-corrected chi connectivity index (χ2v) is 16.0. The van der Waals surface area contributed by atoms with Crippen LogP contribution in [0.1, 0.15) is 0 Å². The summed E-state index contributed by atoms with van der Waals surface area (Å²) in [4.78, 5) is 109. The van der Waals surface area contributed by atoms with E-state index in [4.69, 9.17) is 29.4 Å². The molecule has 0 saturated heterocycles. The molecule has 8 atom stereocenters. The van der Waals surface area contributed by atoms with Gasteiger partial charge in [0, 0.05) is 0 Å². The van der Waals surface area contributed by atoms with Crippen molar-refractivity contribution in [2.24, 2.45) is 0 Å². The summed E-state index contributed by atoms with van der Waals surface area (Å²) in [5, 5.41) is 10.5. The summed E-state index contributed by atoms with van der Waals surface area (Å²) in [6.07, 6.45) is -19.5. The lowest BCUT2D eigenvalue weighted by Crippen LogP contribution is -2.66. The van der Waals surface area contributed by atoms with Gasteiger partial charge in [-0.15, -0.1) is 0 Å². The van der Waals surface area contributed by atoms with Crippen molar-refractivity contribution in [3.8, 4) is 0 Å². The Morgan fingerprint density at radius 3 is 0.875 bits per heavy atom. The van der Waals surface area contributed by atoms with Crippen LogP contribution < -0.4 is 0 Å². The van der Waals surface area contributed by atoms with Crippen LogP contribution in [-0.4, -0.2) is 100 Å². The van der Waals surface area contributed by atoms with Gasteiger partial charge in [-0.3, -0.25) is 22.6 Å². The van der Waals surface area contributed by atoms with Gasteiger partial charge in [-0.05, 0) is 0 Å². The van der Waals surface area contributed by atoms with Crippen LogP contribution in [0.3, 0.4) is 0 Å². The molecule has 0 aromatic heterocycles. The summed E-state index contributed by atoms with van der Waals surface area (Å²) >= 11 is 0. The third-order valence-corrected chi connectivity index (χ3v) is 9.60. The van der Waals surface area contributed by atoms with E-state index in [0.717, 1.165) is 0 Å². The molecule has 0 bridgehead atoms. The molecule has 0 aliphatic heterocycles. The summed E-state index contributed by atoms with van der Waals surface area (Å²) in [6, 6.07) is 0. The van der Waals surface area contributed by atoms with Crippen LogP contribution in [0.4, 0.5) is 0 Å². The Morgan fingerprint density at radius 1 is 0.350 bits per heavy atom. The number of phosphoric ester groups is 5. The highest BCUT2D eigenvalue weighted by Gasteiger charge is 2.61. The molecule has 1 aliphatic rings. The Kier molecular flexibility index (Phi) is 12.7. The minimum Gasteiger partial charge on any atom is -0.387 e. The van der Waals surface area contributed by atoms with Crippen molar-refractivity contribution in [2.45, 2.75) is 36.6 Å². The number of aliphatic hydroxyl groups is 1. The van der Waals surface area contributed by atoms with Crippen molar-refractivity contribution >= 4 is 54.8 Å². The Morgan fingerprint density at radius 2 is 0.575 bits per heavy atom. The SMILES string of the molecule is O=P(O)(O)O[C@@H]1[C@@H](OP(=O)(O)O)[C@H](OP(=O)(O)OP(=O)(O)O)[C@@H](O)[C@@H](OP(=O)(O)O)[C@H]1OP(=O)(O)OP(=O)(O)O. The number of rotatable bonds is 14. The van der Waals surface area contributed by atoms with Gasteiger partial charge in [0.15, 0.2) is 0 Å². The lowest BCUT2D eigenvalue weighted by atomic mass is 9.85. The molecular weight excluding hydrogens is 721 g/mol. The highest BCUT2D eigenvalue weighted by Crippen LogP contribution is 2.63. The van der Waals surface area contributed by atoms with Gasteiger partial charge in [0.1, 0.15) is 36.6 Å². The van der Waals surface area contributed by atoms with E-state index in [2.05, 4.69) is 31.2 Å². The minimum atomic E-state index is -6.34. The number of hydrogen-bond acceptors (Lipinski definition) is 15. The normalized spacial score (nSPS) is 30.4. The molecule has 0 aromatic carbocycles. The van der Waals surface area contributed by atoms with E-state index in [1.807, 2.05) is 0 Å². The van der Waals surface area contributed by atoms with Gasteiger partial charge >= 0.3 is 54.8 Å². The third kappa shape index (κ3) is 14.5. The lowest BCUT2D eigenvalue weighted by Gasteiger charge is -2.47. The molecule has 240 valence electrons. The Hall–Kier alpha value is 0.810. The summed E-state index contributed by atoms with van der Waals surface area (Å²) in [5.41, 5.74) is 0. The summed E-state index contributed by atoms with van der Waals surface area (Å²) in [6.45, 7) is 0. The Balaban J connectivity index is 3.93. The van der Waals surface area contributed by atoms with E-state index in [1.165, 1.54) is 0 Å². The zero-order valence-corrected chi connectivity index (χ0v) is 24.4. The van der Waals surface area contributed by atoms with Crippen molar-refractivity contribution in [3.05, 3.63) is 0 Å². The zero-order valence-electron chi connectivity index (χ0n) is 18.1. The number of aliphatic hydroxyl groups excluding tert-OH is 1. The fourth-order valence-electron chi connectivity index (χ4n) is 2.83. The second kappa shape index (κ2) is 13.0. The lowest BCUT2D eigenvalue weighted by molar-refractivity contribution is -0.205. The predicted molar refractivity (Wildman–Crippen MR) is 112 cm³/mol. The molecule has 1 fully saturated rings. The van der Waals surface area contributed by atoms with Gasteiger partial charge in [0.05, 0.1) is 0 Å². The van der Waals surface area contributed by atoms with Crippen LogP contribution in [-0.2, 0) is 63.2 Å².